The number of halogens is 3. The minimum absolute atomic E-state index is 0.0908. The Hall–Kier alpha value is -1.96. The maximum Gasteiger partial charge on any atom is 0.490 e. The molecule has 0 aliphatic carbocycles. The van der Waals surface area contributed by atoms with Crippen LogP contribution in [0.25, 0.3) is 0 Å². The van der Waals surface area contributed by atoms with Crippen molar-refractivity contribution in [2.75, 3.05) is 33.8 Å². The molecule has 1 spiro atoms. The Labute approximate surface area is 172 Å². The van der Waals surface area contributed by atoms with Crippen LogP contribution < -0.4 is 4.74 Å². The Bertz CT molecular complexity index is 822. The number of alkyl halides is 3. The Morgan fingerprint density at radius 1 is 1.40 bits per heavy atom. The molecule has 1 N–H and O–H groups in total. The molecular formula is C17H24F3N3O6S. The molecule has 1 aromatic rings. The molecule has 9 nitrogen and oxygen atoms in total. The molecule has 0 bridgehead atoms. The van der Waals surface area contributed by atoms with Crippen LogP contribution >= 0.6 is 0 Å². The Balaban J connectivity index is 0.000000396. The van der Waals surface area contributed by atoms with Gasteiger partial charge in [0, 0.05) is 45.9 Å². The quantitative estimate of drug-likeness (QED) is 0.733. The van der Waals surface area contributed by atoms with Crippen LogP contribution in [0.4, 0.5) is 13.2 Å². The monoisotopic (exact) mass is 455 g/mol. The van der Waals surface area contributed by atoms with Gasteiger partial charge in [-0.1, -0.05) is 6.07 Å². The van der Waals surface area contributed by atoms with E-state index in [2.05, 4.69) is 4.98 Å². The van der Waals surface area contributed by atoms with E-state index in [4.69, 9.17) is 19.4 Å². The van der Waals surface area contributed by atoms with E-state index in [1.54, 1.807) is 20.3 Å². The number of rotatable bonds is 4. The van der Waals surface area contributed by atoms with Crippen LogP contribution in [0.5, 0.6) is 5.88 Å². The van der Waals surface area contributed by atoms with Gasteiger partial charge in [0.1, 0.15) is 6.10 Å². The number of carbonyl (C=O) groups is 1. The fraction of sp³-hybridized carbons (Fsp3) is 0.647. The van der Waals surface area contributed by atoms with Gasteiger partial charge in [0.05, 0.1) is 12.2 Å². The van der Waals surface area contributed by atoms with E-state index in [0.717, 1.165) is 12.8 Å². The van der Waals surface area contributed by atoms with Crippen LogP contribution in [0.2, 0.25) is 0 Å². The highest BCUT2D eigenvalue weighted by molar-refractivity contribution is 7.86. The number of piperidine rings is 1. The van der Waals surface area contributed by atoms with Crippen LogP contribution in [-0.2, 0) is 19.7 Å². The third-order valence-electron chi connectivity index (χ3n) is 4.63. The molecule has 0 radical (unpaired) electrons. The lowest BCUT2D eigenvalue weighted by atomic mass is 9.90. The van der Waals surface area contributed by atoms with Gasteiger partial charge in [-0.15, -0.1) is 0 Å². The molecule has 2 atom stereocenters. The van der Waals surface area contributed by atoms with Crippen molar-refractivity contribution < 1.29 is 41.0 Å². The van der Waals surface area contributed by atoms with Gasteiger partial charge in [-0.05, 0) is 18.9 Å². The highest BCUT2D eigenvalue weighted by atomic mass is 32.2. The number of hydrogen-bond donors (Lipinski definition) is 1. The second-order valence-corrected chi connectivity index (χ2v) is 9.28. The number of nitrogens with zero attached hydrogens (tertiary/aromatic N) is 3. The summed E-state index contributed by atoms with van der Waals surface area (Å²) in [5.74, 6) is -2.18. The molecule has 1 aromatic heterocycles. The van der Waals surface area contributed by atoms with E-state index in [1.165, 1.54) is 8.61 Å². The Kier molecular flexibility index (Phi) is 7.66. The molecule has 170 valence electrons. The van der Waals surface area contributed by atoms with Crippen molar-refractivity contribution in [3.8, 4) is 5.88 Å². The van der Waals surface area contributed by atoms with E-state index in [1.807, 2.05) is 18.2 Å². The average Bonchev–Trinajstić information content (AvgIpc) is 3.03. The molecule has 0 aromatic carbocycles. The molecule has 3 heterocycles. The minimum Gasteiger partial charge on any atom is -0.475 e. The zero-order valence-electron chi connectivity index (χ0n) is 16.5. The summed E-state index contributed by atoms with van der Waals surface area (Å²) in [6, 6.07) is 5.53. The van der Waals surface area contributed by atoms with Crippen LogP contribution in [0.15, 0.2) is 24.4 Å². The molecule has 3 rings (SSSR count). The average molecular weight is 455 g/mol. The summed E-state index contributed by atoms with van der Waals surface area (Å²) in [5, 5.41) is 7.12. The van der Waals surface area contributed by atoms with Crippen molar-refractivity contribution in [2.24, 2.45) is 0 Å². The fourth-order valence-electron chi connectivity index (χ4n) is 3.24. The van der Waals surface area contributed by atoms with E-state index in [0.29, 0.717) is 32.0 Å². The van der Waals surface area contributed by atoms with E-state index >= 15 is 0 Å². The number of pyridine rings is 1. The normalized spacial score (nSPS) is 25.1. The van der Waals surface area contributed by atoms with E-state index < -0.39 is 28.0 Å². The fourth-order valence-corrected chi connectivity index (χ4v) is 4.46. The first kappa shape index (κ1) is 24.3. The summed E-state index contributed by atoms with van der Waals surface area (Å²) in [4.78, 5) is 13.1. The summed E-state index contributed by atoms with van der Waals surface area (Å²) in [5.41, 5.74) is -0.444. The first-order chi connectivity index (χ1) is 13.9. The number of carboxylic acid groups (broad SMARTS) is 1. The minimum atomic E-state index is -5.08. The molecule has 30 heavy (non-hydrogen) atoms. The lowest BCUT2D eigenvalue weighted by Crippen LogP contribution is -2.52. The number of aliphatic carboxylic acids is 1. The summed E-state index contributed by atoms with van der Waals surface area (Å²) in [6.45, 7) is 1.39. The van der Waals surface area contributed by atoms with Gasteiger partial charge in [0.2, 0.25) is 5.88 Å². The zero-order valence-corrected chi connectivity index (χ0v) is 17.3. The largest absolute Gasteiger partial charge is 0.490 e. The molecule has 13 heteroatoms. The van der Waals surface area contributed by atoms with Crippen molar-refractivity contribution in [2.45, 2.75) is 37.1 Å². The number of hydrogen-bond acceptors (Lipinski definition) is 6. The highest BCUT2D eigenvalue weighted by Crippen LogP contribution is 2.37. The molecule has 0 saturated carbocycles. The predicted molar refractivity (Wildman–Crippen MR) is 99.1 cm³/mol. The Morgan fingerprint density at radius 2 is 2.07 bits per heavy atom. The number of aromatic nitrogens is 1. The maximum atomic E-state index is 12.4. The molecule has 2 saturated heterocycles. The van der Waals surface area contributed by atoms with Gasteiger partial charge in [-0.2, -0.15) is 30.2 Å². The number of ether oxygens (including phenoxy) is 2. The molecule has 2 aliphatic heterocycles. The van der Waals surface area contributed by atoms with E-state index in [-0.39, 0.29) is 6.10 Å². The second-order valence-electron chi connectivity index (χ2n) is 7.14. The van der Waals surface area contributed by atoms with Crippen molar-refractivity contribution >= 4 is 16.2 Å². The standard InChI is InChI=1S/C15H23N3O4S.C2HF3O2/c1-17(2)23(19,20)18-9-5-7-15(12-18)10-13(11-21-15)22-14-6-3-4-8-16-14;3-2(4,5)1(6)7/h3-4,6,8,13H,5,7,9-12H2,1-2H3;(H,6,7)/t13-,15-;/m0./s1. The van der Waals surface area contributed by atoms with Crippen molar-refractivity contribution in [1.82, 2.24) is 13.6 Å². The second kappa shape index (κ2) is 9.45. The van der Waals surface area contributed by atoms with Crippen molar-refractivity contribution in [1.29, 1.82) is 0 Å². The lowest BCUT2D eigenvalue weighted by molar-refractivity contribution is -0.192. The maximum absolute atomic E-state index is 12.4. The predicted octanol–water partition coefficient (Wildman–Crippen LogP) is 1.52. The summed E-state index contributed by atoms with van der Waals surface area (Å²) >= 11 is 0. The molecule has 2 fully saturated rings. The zero-order chi connectivity index (χ0) is 22.6. The van der Waals surface area contributed by atoms with Crippen molar-refractivity contribution in [3.63, 3.8) is 0 Å². The smallest absolute Gasteiger partial charge is 0.475 e. The number of carboxylic acids is 1. The third kappa shape index (κ3) is 6.27. The van der Waals surface area contributed by atoms with E-state index in [9.17, 15) is 21.6 Å². The van der Waals surface area contributed by atoms with Crippen molar-refractivity contribution in [3.05, 3.63) is 24.4 Å². The van der Waals surface area contributed by atoms with Crippen LogP contribution in [0.3, 0.4) is 0 Å². The SMILES string of the molecule is CN(C)S(=O)(=O)N1CCC[C@]2(C[C@H](Oc3ccccn3)CO2)C1.O=C(O)C(F)(F)F. The summed E-state index contributed by atoms with van der Waals surface area (Å²) in [7, 11) is -0.297. The molecule has 0 amide bonds. The molecule has 2 aliphatic rings. The third-order valence-corrected chi connectivity index (χ3v) is 6.52. The molecule has 0 unspecified atom stereocenters. The van der Waals surface area contributed by atoms with Gasteiger partial charge in [-0.25, -0.2) is 9.78 Å². The summed E-state index contributed by atoms with van der Waals surface area (Å²) in [6.07, 6.45) is -1.15. The topological polar surface area (TPSA) is 109 Å². The van der Waals surface area contributed by atoms with Crippen LogP contribution in [0.1, 0.15) is 19.3 Å². The molecular weight excluding hydrogens is 431 g/mol. The Morgan fingerprint density at radius 3 is 2.60 bits per heavy atom. The van der Waals surface area contributed by atoms with Gasteiger partial charge in [-0.3, -0.25) is 0 Å². The van der Waals surface area contributed by atoms with Gasteiger partial charge < -0.3 is 14.6 Å². The first-order valence-electron chi connectivity index (χ1n) is 9.05. The van der Waals surface area contributed by atoms with Gasteiger partial charge in [0.25, 0.3) is 10.2 Å². The van der Waals surface area contributed by atoms with Crippen LogP contribution in [-0.4, -0.2) is 84.8 Å². The van der Waals surface area contributed by atoms with Crippen LogP contribution in [0, 0.1) is 0 Å². The lowest BCUT2D eigenvalue weighted by Gasteiger charge is -2.39. The first-order valence-corrected chi connectivity index (χ1v) is 10.4. The summed E-state index contributed by atoms with van der Waals surface area (Å²) < 4.78 is 71.1. The van der Waals surface area contributed by atoms with Gasteiger partial charge in [0.15, 0.2) is 0 Å². The highest BCUT2D eigenvalue weighted by Gasteiger charge is 2.47. The van der Waals surface area contributed by atoms with Gasteiger partial charge >= 0.3 is 12.1 Å².